The fraction of sp³-hybridized carbons (Fsp3) is 0.417. The molecule has 0 saturated carbocycles. The lowest BCUT2D eigenvalue weighted by molar-refractivity contribution is 0.147. The van der Waals surface area contributed by atoms with E-state index in [1.165, 1.54) is 0 Å². The summed E-state index contributed by atoms with van der Waals surface area (Å²) in [5, 5.41) is 9.33. The Labute approximate surface area is 198 Å². The van der Waals surface area contributed by atoms with Gasteiger partial charge in [-0.05, 0) is 33.0 Å². The van der Waals surface area contributed by atoms with Gasteiger partial charge in [0.25, 0.3) is 0 Å². The van der Waals surface area contributed by atoms with E-state index in [-0.39, 0.29) is 6.10 Å². The molecular weight excluding hydrogens is 432 g/mol. The number of methoxy groups -OCH3 is 1. The van der Waals surface area contributed by atoms with E-state index in [1.54, 1.807) is 11.8 Å². The Balaban J connectivity index is 1.72. The summed E-state index contributed by atoms with van der Waals surface area (Å²) in [6.45, 7) is 5.94. The highest BCUT2D eigenvalue weighted by Gasteiger charge is 2.24. The minimum absolute atomic E-state index is 0.0828. The van der Waals surface area contributed by atoms with Crippen molar-refractivity contribution >= 4 is 17.7 Å². The first-order chi connectivity index (χ1) is 16.4. The molecule has 0 spiro atoms. The van der Waals surface area contributed by atoms with Crippen LogP contribution in [0.1, 0.15) is 35.4 Å². The third kappa shape index (κ3) is 3.88. The number of aryl methyl sites for hydroxylation is 3. The smallest absolute Gasteiger partial charge is 0.221 e. The first-order valence-electron chi connectivity index (χ1n) is 11.3. The van der Waals surface area contributed by atoms with E-state index in [0.29, 0.717) is 12.5 Å². The SMILES string of the molecule is COCc1nn(C)c2c1-c1cn3c(ncc3cn1)/C=C/c1c(C)nn(C)c1CN(C)CC(C)O2. The first-order valence-corrected chi connectivity index (χ1v) is 11.3. The maximum atomic E-state index is 6.47. The highest BCUT2D eigenvalue weighted by Crippen LogP contribution is 2.34. The number of rotatable bonds is 2. The minimum Gasteiger partial charge on any atom is -0.473 e. The summed E-state index contributed by atoms with van der Waals surface area (Å²) < 4.78 is 17.7. The lowest BCUT2D eigenvalue weighted by atomic mass is 10.1. The van der Waals surface area contributed by atoms with Gasteiger partial charge >= 0.3 is 0 Å². The predicted molar refractivity (Wildman–Crippen MR) is 129 cm³/mol. The molecule has 0 N–H and O–H groups in total. The second kappa shape index (κ2) is 8.69. The molecule has 0 aliphatic carbocycles. The Kier molecular flexibility index (Phi) is 5.70. The van der Waals surface area contributed by atoms with Crippen molar-refractivity contribution in [3.05, 3.63) is 47.1 Å². The van der Waals surface area contributed by atoms with Gasteiger partial charge in [-0.15, -0.1) is 0 Å². The van der Waals surface area contributed by atoms with Crippen LogP contribution in [0.15, 0.2) is 18.6 Å². The Morgan fingerprint density at radius 3 is 2.68 bits per heavy atom. The topological polar surface area (TPSA) is 87.5 Å². The molecule has 0 amide bonds. The average Bonchev–Trinajstić information content (AvgIpc) is 3.40. The fourth-order valence-electron chi connectivity index (χ4n) is 4.63. The quantitative estimate of drug-likeness (QED) is 0.453. The van der Waals surface area contributed by atoms with Crippen LogP contribution < -0.4 is 4.74 Å². The third-order valence-corrected chi connectivity index (χ3v) is 6.14. The van der Waals surface area contributed by atoms with Crippen molar-refractivity contribution in [2.75, 3.05) is 20.7 Å². The Morgan fingerprint density at radius 1 is 1.09 bits per heavy atom. The number of aromatic nitrogens is 7. The van der Waals surface area contributed by atoms with Gasteiger partial charge in [0.15, 0.2) is 0 Å². The normalized spacial score (nSPS) is 17.8. The first kappa shape index (κ1) is 22.3. The van der Waals surface area contributed by atoms with Gasteiger partial charge in [0.1, 0.15) is 17.6 Å². The van der Waals surface area contributed by atoms with E-state index in [1.807, 2.05) is 54.8 Å². The summed E-state index contributed by atoms with van der Waals surface area (Å²) in [5.41, 5.74) is 6.52. The highest BCUT2D eigenvalue weighted by atomic mass is 16.5. The molecule has 4 aromatic rings. The molecule has 0 fully saturated rings. The third-order valence-electron chi connectivity index (χ3n) is 6.14. The molecule has 5 heterocycles. The lowest BCUT2D eigenvalue weighted by Gasteiger charge is -2.23. The molecule has 2 bridgehead atoms. The number of fused-ring (bicyclic) bond motifs is 4. The van der Waals surface area contributed by atoms with E-state index in [4.69, 9.17) is 14.5 Å². The van der Waals surface area contributed by atoms with Crippen LogP contribution in [0.25, 0.3) is 28.9 Å². The number of likely N-dealkylation sites (N-methyl/N-ethyl adjacent to an activating group) is 1. The molecule has 1 aliphatic rings. The number of ether oxygens (including phenoxy) is 2. The van der Waals surface area contributed by atoms with Crippen molar-refractivity contribution in [2.24, 2.45) is 14.1 Å². The van der Waals surface area contributed by atoms with Crippen molar-refractivity contribution in [1.82, 2.24) is 38.8 Å². The van der Waals surface area contributed by atoms with Crippen LogP contribution in [0.2, 0.25) is 0 Å². The fourth-order valence-corrected chi connectivity index (χ4v) is 4.63. The predicted octanol–water partition coefficient (Wildman–Crippen LogP) is 2.70. The summed E-state index contributed by atoms with van der Waals surface area (Å²) in [5.74, 6) is 1.48. The van der Waals surface area contributed by atoms with Crippen molar-refractivity contribution in [3.63, 3.8) is 0 Å². The molecule has 178 valence electrons. The Morgan fingerprint density at radius 2 is 1.88 bits per heavy atom. The number of hydrogen-bond donors (Lipinski definition) is 0. The van der Waals surface area contributed by atoms with Gasteiger partial charge in [0.2, 0.25) is 5.88 Å². The molecule has 10 nitrogen and oxygen atoms in total. The van der Waals surface area contributed by atoms with Gasteiger partial charge in [-0.25, -0.2) is 9.67 Å². The van der Waals surface area contributed by atoms with Gasteiger partial charge in [-0.3, -0.25) is 19.0 Å². The van der Waals surface area contributed by atoms with E-state index in [0.717, 1.165) is 58.3 Å². The van der Waals surface area contributed by atoms with Crippen LogP contribution >= 0.6 is 0 Å². The van der Waals surface area contributed by atoms with Gasteiger partial charge in [0.05, 0.1) is 47.2 Å². The number of nitrogens with zero attached hydrogens (tertiary/aromatic N) is 8. The summed E-state index contributed by atoms with van der Waals surface area (Å²) >= 11 is 0. The van der Waals surface area contributed by atoms with Crippen LogP contribution in [-0.4, -0.2) is 65.6 Å². The largest absolute Gasteiger partial charge is 0.473 e. The zero-order valence-corrected chi connectivity index (χ0v) is 20.5. The molecule has 1 unspecified atom stereocenters. The van der Waals surface area contributed by atoms with Crippen molar-refractivity contribution in [3.8, 4) is 17.1 Å². The van der Waals surface area contributed by atoms with Gasteiger partial charge in [0, 0.05) is 46.1 Å². The van der Waals surface area contributed by atoms with Gasteiger partial charge < -0.3 is 9.47 Å². The second-order valence-electron chi connectivity index (χ2n) is 8.90. The van der Waals surface area contributed by atoms with E-state index < -0.39 is 0 Å². The zero-order chi connectivity index (χ0) is 24.0. The molecule has 34 heavy (non-hydrogen) atoms. The maximum Gasteiger partial charge on any atom is 0.221 e. The minimum atomic E-state index is -0.0828. The van der Waals surface area contributed by atoms with Crippen LogP contribution in [0.5, 0.6) is 5.88 Å². The van der Waals surface area contributed by atoms with Crippen LogP contribution in [0, 0.1) is 6.92 Å². The molecule has 10 heteroatoms. The number of imidazole rings is 1. The summed E-state index contributed by atoms with van der Waals surface area (Å²) in [6.07, 6.45) is 9.68. The molecule has 0 aromatic carbocycles. The summed E-state index contributed by atoms with van der Waals surface area (Å²) in [7, 11) is 7.63. The molecule has 1 atom stereocenters. The van der Waals surface area contributed by atoms with Gasteiger partial charge in [-0.1, -0.05) is 0 Å². The molecular formula is C24H30N8O2. The van der Waals surface area contributed by atoms with Crippen LogP contribution in [0.4, 0.5) is 0 Å². The highest BCUT2D eigenvalue weighted by molar-refractivity contribution is 5.73. The molecule has 4 aromatic heterocycles. The lowest BCUT2D eigenvalue weighted by Crippen LogP contribution is -2.32. The Hall–Kier alpha value is -3.50. The van der Waals surface area contributed by atoms with Crippen molar-refractivity contribution in [1.29, 1.82) is 0 Å². The van der Waals surface area contributed by atoms with Crippen LogP contribution in [0.3, 0.4) is 0 Å². The Bertz CT molecular complexity index is 1380. The summed E-state index contributed by atoms with van der Waals surface area (Å²) in [4.78, 5) is 11.6. The summed E-state index contributed by atoms with van der Waals surface area (Å²) in [6, 6.07) is 0. The van der Waals surface area contributed by atoms with E-state index in [9.17, 15) is 0 Å². The van der Waals surface area contributed by atoms with Crippen molar-refractivity contribution < 1.29 is 9.47 Å². The van der Waals surface area contributed by atoms with E-state index >= 15 is 0 Å². The standard InChI is InChI=1S/C24H30N8O2/c1-15-11-29(3)13-21-18(16(2)27-30(21)4)7-8-22-26-10-17-9-25-19(12-32(17)22)23-20(14-33-6)28-31(5)24(23)34-15/h7-10,12,15H,11,13-14H2,1-6H3/b8-7+. The molecule has 0 saturated heterocycles. The van der Waals surface area contributed by atoms with Gasteiger partial charge in [-0.2, -0.15) is 10.2 Å². The average molecular weight is 463 g/mol. The van der Waals surface area contributed by atoms with E-state index in [2.05, 4.69) is 40.1 Å². The maximum absolute atomic E-state index is 6.47. The molecule has 0 radical (unpaired) electrons. The van der Waals surface area contributed by atoms with Crippen LogP contribution in [-0.2, 0) is 32.0 Å². The monoisotopic (exact) mass is 462 g/mol. The number of hydrogen-bond acceptors (Lipinski definition) is 7. The van der Waals surface area contributed by atoms with Crippen molar-refractivity contribution in [2.45, 2.75) is 33.1 Å². The molecule has 1 aliphatic heterocycles. The second-order valence-corrected chi connectivity index (χ2v) is 8.90. The molecule has 5 rings (SSSR count). The zero-order valence-electron chi connectivity index (χ0n) is 20.5.